The molecule has 148 valence electrons. The molecular weight excluding hydrogens is 376 g/mol. The minimum Gasteiger partial charge on any atom is -0.493 e. The quantitative estimate of drug-likeness (QED) is 0.522. The van der Waals surface area contributed by atoms with Crippen LogP contribution in [0.1, 0.15) is 49.4 Å². The summed E-state index contributed by atoms with van der Waals surface area (Å²) in [6.07, 6.45) is 3.87. The smallest absolute Gasteiger partial charge is 0.277 e. The van der Waals surface area contributed by atoms with Crippen LogP contribution in [0, 0.1) is 0 Å². The van der Waals surface area contributed by atoms with Crippen LogP contribution >= 0.6 is 11.5 Å². The van der Waals surface area contributed by atoms with Crippen LogP contribution in [0.5, 0.6) is 11.5 Å². The van der Waals surface area contributed by atoms with E-state index in [1.807, 2.05) is 25.1 Å². The molecule has 0 N–H and O–H groups in total. The Bertz CT molecular complexity index is 1020. The fourth-order valence-corrected chi connectivity index (χ4v) is 3.82. The molecule has 0 aliphatic rings. The zero-order chi connectivity index (χ0) is 20.1. The van der Waals surface area contributed by atoms with Gasteiger partial charge in [-0.25, -0.2) is 4.98 Å². The highest BCUT2D eigenvalue weighted by Gasteiger charge is 2.19. The molecule has 1 aromatic carbocycles. The third-order valence-electron chi connectivity index (χ3n) is 4.58. The minimum atomic E-state index is -0.303. The van der Waals surface area contributed by atoms with E-state index >= 15 is 0 Å². The molecule has 0 bridgehead atoms. The molecule has 0 aliphatic carbocycles. The highest BCUT2D eigenvalue weighted by atomic mass is 32.1. The first-order valence-corrected chi connectivity index (χ1v) is 10.1. The number of carbonyl (C=O) groups is 1. The normalized spacial score (nSPS) is 12.1. The van der Waals surface area contributed by atoms with E-state index in [9.17, 15) is 9.59 Å². The maximum absolute atomic E-state index is 12.7. The summed E-state index contributed by atoms with van der Waals surface area (Å²) in [5.41, 5.74) is 0.655. The molecule has 0 spiro atoms. The lowest BCUT2D eigenvalue weighted by Crippen LogP contribution is -2.22. The van der Waals surface area contributed by atoms with Crippen molar-refractivity contribution in [1.29, 1.82) is 0 Å². The van der Waals surface area contributed by atoms with Crippen LogP contribution in [0.4, 0.5) is 0 Å². The molecule has 0 amide bonds. The average Bonchev–Trinajstić information content (AvgIpc) is 3.05. The average molecular weight is 401 g/mol. The number of methoxy groups -OCH3 is 1. The van der Waals surface area contributed by atoms with E-state index in [1.54, 1.807) is 25.4 Å². The van der Waals surface area contributed by atoms with Crippen molar-refractivity contribution < 1.29 is 14.3 Å². The van der Waals surface area contributed by atoms with E-state index in [0.717, 1.165) is 29.9 Å². The van der Waals surface area contributed by atoms with Gasteiger partial charge in [0.1, 0.15) is 4.83 Å². The number of pyridine rings is 1. The Hall–Kier alpha value is -2.67. The molecule has 2 heterocycles. The fraction of sp³-hybridized carbons (Fsp3) is 0.381. The Morgan fingerprint density at radius 1 is 1.29 bits per heavy atom. The predicted octanol–water partition coefficient (Wildman–Crippen LogP) is 4.48. The van der Waals surface area contributed by atoms with Crippen molar-refractivity contribution >= 4 is 27.7 Å². The van der Waals surface area contributed by atoms with Crippen molar-refractivity contribution in [1.82, 2.24) is 8.94 Å². The standard InChI is InChI=1S/C21H24N2O4S/c1-4-5-11-27-17-9-8-15(13-18(17)26-3)14(2)12-19(24)23-21(25)16-7-6-10-22-20(16)28-23/h6-10,13-14H,4-5,11-12H2,1-3H3. The number of nitrogens with zero attached hydrogens (tertiary/aromatic N) is 2. The Balaban J connectivity index is 1.76. The third kappa shape index (κ3) is 4.25. The van der Waals surface area contributed by atoms with Gasteiger partial charge in [0.15, 0.2) is 11.5 Å². The number of carbonyl (C=O) groups excluding carboxylic acids is 1. The maximum atomic E-state index is 12.7. The predicted molar refractivity (Wildman–Crippen MR) is 111 cm³/mol. The Labute approximate surface area is 167 Å². The lowest BCUT2D eigenvalue weighted by molar-refractivity contribution is 0.0905. The number of rotatable bonds is 8. The lowest BCUT2D eigenvalue weighted by atomic mass is 9.97. The van der Waals surface area contributed by atoms with Gasteiger partial charge < -0.3 is 9.47 Å². The van der Waals surface area contributed by atoms with E-state index in [0.29, 0.717) is 28.3 Å². The van der Waals surface area contributed by atoms with Crippen molar-refractivity contribution in [3.8, 4) is 11.5 Å². The van der Waals surface area contributed by atoms with Gasteiger partial charge in [-0.1, -0.05) is 26.3 Å². The van der Waals surface area contributed by atoms with Crippen molar-refractivity contribution in [3.63, 3.8) is 0 Å². The SMILES string of the molecule is CCCCOc1ccc(C(C)CC(=O)n2sc3ncccc3c2=O)cc1OC. The molecule has 0 radical (unpaired) electrons. The summed E-state index contributed by atoms with van der Waals surface area (Å²) < 4.78 is 12.4. The number of aromatic nitrogens is 2. The zero-order valence-electron chi connectivity index (χ0n) is 16.3. The topological polar surface area (TPSA) is 70.4 Å². The molecule has 2 aromatic heterocycles. The van der Waals surface area contributed by atoms with Crippen LogP contribution in [0.3, 0.4) is 0 Å². The van der Waals surface area contributed by atoms with Crippen LogP contribution in [0.25, 0.3) is 10.2 Å². The van der Waals surface area contributed by atoms with Gasteiger partial charge in [0, 0.05) is 12.6 Å². The molecule has 3 aromatic rings. The van der Waals surface area contributed by atoms with E-state index in [-0.39, 0.29) is 23.8 Å². The van der Waals surface area contributed by atoms with Gasteiger partial charge in [-0.15, -0.1) is 0 Å². The van der Waals surface area contributed by atoms with E-state index in [4.69, 9.17) is 9.47 Å². The van der Waals surface area contributed by atoms with Gasteiger partial charge in [0.25, 0.3) is 5.56 Å². The highest BCUT2D eigenvalue weighted by Crippen LogP contribution is 2.32. The molecule has 3 rings (SSSR count). The summed E-state index contributed by atoms with van der Waals surface area (Å²) in [6, 6.07) is 9.10. The van der Waals surface area contributed by atoms with Crippen LogP contribution in [0.15, 0.2) is 41.3 Å². The molecule has 0 aliphatic heterocycles. The van der Waals surface area contributed by atoms with Gasteiger partial charge in [-0.3, -0.25) is 9.59 Å². The molecular formula is C21H24N2O4S. The second kappa shape index (κ2) is 9.01. The Morgan fingerprint density at radius 2 is 2.11 bits per heavy atom. The summed E-state index contributed by atoms with van der Waals surface area (Å²) in [7, 11) is 1.60. The fourth-order valence-electron chi connectivity index (χ4n) is 2.93. The van der Waals surface area contributed by atoms with Crippen LogP contribution in [-0.4, -0.2) is 28.6 Å². The Morgan fingerprint density at radius 3 is 2.82 bits per heavy atom. The van der Waals surface area contributed by atoms with Crippen molar-refractivity contribution in [2.45, 2.75) is 39.0 Å². The van der Waals surface area contributed by atoms with Crippen molar-refractivity contribution in [3.05, 3.63) is 52.4 Å². The number of hydrogen-bond acceptors (Lipinski definition) is 6. The largest absolute Gasteiger partial charge is 0.493 e. The second-order valence-corrected chi connectivity index (χ2v) is 7.59. The molecule has 1 unspecified atom stereocenters. The first kappa shape index (κ1) is 20.1. The lowest BCUT2D eigenvalue weighted by Gasteiger charge is -2.15. The molecule has 0 saturated carbocycles. The van der Waals surface area contributed by atoms with Gasteiger partial charge in [-0.05, 0) is 53.7 Å². The zero-order valence-corrected chi connectivity index (χ0v) is 17.1. The third-order valence-corrected chi connectivity index (χ3v) is 5.63. The summed E-state index contributed by atoms with van der Waals surface area (Å²) in [4.78, 5) is 29.9. The summed E-state index contributed by atoms with van der Waals surface area (Å²) >= 11 is 1.09. The van der Waals surface area contributed by atoms with Gasteiger partial charge in [-0.2, -0.15) is 3.96 Å². The van der Waals surface area contributed by atoms with Gasteiger partial charge in [0.05, 0.1) is 19.1 Å². The number of unbranched alkanes of at least 4 members (excludes halogenated alkanes) is 1. The molecule has 7 heteroatoms. The van der Waals surface area contributed by atoms with Crippen molar-refractivity contribution in [2.24, 2.45) is 0 Å². The molecule has 0 fully saturated rings. The summed E-state index contributed by atoms with van der Waals surface area (Å²) in [5, 5.41) is 0.476. The summed E-state index contributed by atoms with van der Waals surface area (Å²) in [5.74, 6) is 1.04. The molecule has 0 saturated heterocycles. The number of hydrogen-bond donors (Lipinski definition) is 0. The first-order chi connectivity index (χ1) is 13.5. The monoisotopic (exact) mass is 400 g/mol. The number of fused-ring (bicyclic) bond motifs is 1. The maximum Gasteiger partial charge on any atom is 0.277 e. The van der Waals surface area contributed by atoms with E-state index in [2.05, 4.69) is 11.9 Å². The Kier molecular flexibility index (Phi) is 6.46. The molecule has 28 heavy (non-hydrogen) atoms. The minimum absolute atomic E-state index is 0.0730. The number of ether oxygens (including phenoxy) is 2. The van der Waals surface area contributed by atoms with E-state index < -0.39 is 0 Å². The van der Waals surface area contributed by atoms with Crippen molar-refractivity contribution in [2.75, 3.05) is 13.7 Å². The van der Waals surface area contributed by atoms with Crippen LogP contribution in [0.2, 0.25) is 0 Å². The number of benzene rings is 1. The highest BCUT2D eigenvalue weighted by molar-refractivity contribution is 7.14. The van der Waals surface area contributed by atoms with Crippen LogP contribution in [-0.2, 0) is 0 Å². The first-order valence-electron chi connectivity index (χ1n) is 9.36. The molecule has 1 atom stereocenters. The van der Waals surface area contributed by atoms with Gasteiger partial charge in [0.2, 0.25) is 5.91 Å². The van der Waals surface area contributed by atoms with E-state index in [1.165, 1.54) is 3.96 Å². The molecule has 6 nitrogen and oxygen atoms in total. The van der Waals surface area contributed by atoms with Crippen LogP contribution < -0.4 is 15.0 Å². The van der Waals surface area contributed by atoms with Gasteiger partial charge >= 0.3 is 0 Å². The second-order valence-electron chi connectivity index (χ2n) is 6.66. The summed E-state index contributed by atoms with van der Waals surface area (Å²) in [6.45, 7) is 4.71.